The fraction of sp³-hybridized carbons (Fsp3) is 0.909. The highest BCUT2D eigenvalue weighted by Gasteiger charge is 2.29. The molecule has 1 fully saturated rings. The van der Waals surface area contributed by atoms with Crippen LogP contribution in [0.1, 0.15) is 46.0 Å². The van der Waals surface area contributed by atoms with Crippen molar-refractivity contribution in [3.63, 3.8) is 0 Å². The third kappa shape index (κ3) is 4.51. The van der Waals surface area contributed by atoms with Crippen LogP contribution in [-0.2, 0) is 4.74 Å². The Labute approximate surface area is 91.3 Å². The van der Waals surface area contributed by atoms with E-state index < -0.39 is 11.7 Å². The summed E-state index contributed by atoms with van der Waals surface area (Å²) < 4.78 is 5.07. The Bertz CT molecular complexity index is 229. The van der Waals surface area contributed by atoms with Crippen LogP contribution in [0.5, 0.6) is 0 Å². The Morgan fingerprint density at radius 2 is 2.13 bits per heavy atom. The first-order valence-electron chi connectivity index (χ1n) is 5.63. The van der Waals surface area contributed by atoms with Gasteiger partial charge in [-0.1, -0.05) is 12.8 Å². The van der Waals surface area contributed by atoms with Crippen molar-refractivity contribution in [3.8, 4) is 0 Å². The summed E-state index contributed by atoms with van der Waals surface area (Å²) in [5.74, 6) is 0.558. The molecule has 1 rings (SSSR count). The molecular weight excluding hydrogens is 192 g/mol. The van der Waals surface area contributed by atoms with E-state index in [-0.39, 0.29) is 0 Å². The Morgan fingerprint density at radius 3 is 2.67 bits per heavy atom. The van der Waals surface area contributed by atoms with E-state index in [0.29, 0.717) is 12.0 Å². The van der Waals surface area contributed by atoms with Crippen molar-refractivity contribution in [3.05, 3.63) is 0 Å². The molecule has 15 heavy (non-hydrogen) atoms. The monoisotopic (exact) mass is 214 g/mol. The van der Waals surface area contributed by atoms with Gasteiger partial charge in [0.15, 0.2) is 0 Å². The van der Waals surface area contributed by atoms with Crippen molar-refractivity contribution < 1.29 is 9.53 Å². The predicted molar refractivity (Wildman–Crippen MR) is 59.3 cm³/mol. The van der Waals surface area contributed by atoms with Crippen molar-refractivity contribution >= 4 is 6.09 Å². The van der Waals surface area contributed by atoms with Crippen molar-refractivity contribution in [2.45, 2.75) is 57.6 Å². The van der Waals surface area contributed by atoms with Crippen LogP contribution in [0.2, 0.25) is 0 Å². The van der Waals surface area contributed by atoms with Crippen LogP contribution in [0.3, 0.4) is 0 Å². The Kier molecular flexibility index (Phi) is 3.97. The van der Waals surface area contributed by atoms with Crippen LogP contribution < -0.4 is 11.5 Å². The van der Waals surface area contributed by atoms with Gasteiger partial charge in [-0.3, -0.25) is 0 Å². The summed E-state index contributed by atoms with van der Waals surface area (Å²) in [6, 6.07) is 0.313. The number of amides is 1. The predicted octanol–water partition coefficient (Wildman–Crippen LogP) is 1.77. The Balaban J connectivity index is 2.41. The van der Waals surface area contributed by atoms with Crippen molar-refractivity contribution in [2.24, 2.45) is 17.4 Å². The molecule has 88 valence electrons. The molecule has 0 spiro atoms. The van der Waals surface area contributed by atoms with E-state index in [9.17, 15) is 4.79 Å². The second-order valence-corrected chi connectivity index (χ2v) is 5.18. The zero-order valence-corrected chi connectivity index (χ0v) is 9.66. The van der Waals surface area contributed by atoms with Gasteiger partial charge in [-0.25, -0.2) is 4.79 Å². The largest absolute Gasteiger partial charge is 0.444 e. The Hall–Kier alpha value is -0.770. The number of ether oxygens (including phenoxy) is 1. The summed E-state index contributed by atoms with van der Waals surface area (Å²) in [7, 11) is 0. The minimum Gasteiger partial charge on any atom is -0.444 e. The highest BCUT2D eigenvalue weighted by Crippen LogP contribution is 2.31. The number of hydrogen-bond donors (Lipinski definition) is 2. The quantitative estimate of drug-likeness (QED) is 0.751. The summed E-state index contributed by atoms with van der Waals surface area (Å²) in [5.41, 5.74) is 10.5. The minimum absolute atomic E-state index is 0.313. The van der Waals surface area contributed by atoms with Gasteiger partial charge in [-0.15, -0.1) is 0 Å². The van der Waals surface area contributed by atoms with Crippen molar-refractivity contribution in [1.29, 1.82) is 0 Å². The molecule has 4 nitrogen and oxygen atoms in total. The maximum absolute atomic E-state index is 10.7. The lowest BCUT2D eigenvalue weighted by molar-refractivity contribution is 0.0210. The second-order valence-electron chi connectivity index (χ2n) is 5.18. The number of rotatable bonds is 3. The topological polar surface area (TPSA) is 78.3 Å². The lowest BCUT2D eigenvalue weighted by atomic mass is 9.80. The molecule has 0 saturated heterocycles. The zero-order chi connectivity index (χ0) is 11.5. The van der Waals surface area contributed by atoms with Crippen LogP contribution in [-0.4, -0.2) is 17.7 Å². The number of carbonyl (C=O) groups excluding carboxylic acids is 1. The number of primary amides is 1. The van der Waals surface area contributed by atoms with Gasteiger partial charge in [0.2, 0.25) is 0 Å². The Morgan fingerprint density at radius 1 is 1.47 bits per heavy atom. The second kappa shape index (κ2) is 4.84. The van der Waals surface area contributed by atoms with E-state index >= 15 is 0 Å². The molecule has 0 heterocycles. The van der Waals surface area contributed by atoms with Crippen molar-refractivity contribution in [1.82, 2.24) is 0 Å². The maximum Gasteiger partial charge on any atom is 0.405 e. The molecule has 4 N–H and O–H groups in total. The number of nitrogens with two attached hydrogens (primary N) is 2. The summed E-state index contributed by atoms with van der Waals surface area (Å²) >= 11 is 0. The molecule has 4 heteroatoms. The van der Waals surface area contributed by atoms with E-state index in [1.165, 1.54) is 12.8 Å². The van der Waals surface area contributed by atoms with Gasteiger partial charge < -0.3 is 16.2 Å². The average molecular weight is 214 g/mol. The molecule has 1 amide bonds. The summed E-state index contributed by atoms with van der Waals surface area (Å²) in [6.07, 6.45) is 4.67. The molecule has 0 aromatic carbocycles. The minimum atomic E-state index is -0.694. The summed E-state index contributed by atoms with van der Waals surface area (Å²) in [6.45, 7) is 3.80. The van der Waals surface area contributed by atoms with Gasteiger partial charge in [0.25, 0.3) is 0 Å². The van der Waals surface area contributed by atoms with Crippen LogP contribution in [0.4, 0.5) is 4.79 Å². The molecular formula is C11H22N2O2. The first kappa shape index (κ1) is 12.3. The van der Waals surface area contributed by atoms with Gasteiger partial charge in [0.1, 0.15) is 5.60 Å². The maximum atomic E-state index is 10.7. The molecule has 1 aliphatic carbocycles. The fourth-order valence-corrected chi connectivity index (χ4v) is 2.53. The number of hydrogen-bond acceptors (Lipinski definition) is 3. The van der Waals surface area contributed by atoms with Gasteiger partial charge in [-0.05, 0) is 39.0 Å². The fourth-order valence-electron chi connectivity index (χ4n) is 2.53. The highest BCUT2D eigenvalue weighted by molar-refractivity contribution is 5.65. The normalized spacial score (nSPS) is 27.4. The van der Waals surface area contributed by atoms with Gasteiger partial charge in [0.05, 0.1) is 0 Å². The molecule has 0 radical (unpaired) electrons. The molecule has 0 unspecified atom stereocenters. The number of carbonyl (C=O) groups is 1. The average Bonchev–Trinajstić information content (AvgIpc) is 1.99. The summed E-state index contributed by atoms with van der Waals surface area (Å²) in [5, 5.41) is 0. The molecule has 1 aliphatic rings. The molecule has 2 atom stereocenters. The first-order chi connectivity index (χ1) is 6.89. The van der Waals surface area contributed by atoms with Crippen LogP contribution in [0, 0.1) is 5.92 Å². The first-order valence-corrected chi connectivity index (χ1v) is 5.63. The van der Waals surface area contributed by atoms with Crippen LogP contribution in [0.25, 0.3) is 0 Å². The molecule has 0 aromatic heterocycles. The lowest BCUT2D eigenvalue weighted by Gasteiger charge is -2.33. The molecule has 1 saturated carbocycles. The molecule has 0 bridgehead atoms. The molecule has 0 aliphatic heterocycles. The van der Waals surface area contributed by atoms with Crippen molar-refractivity contribution in [2.75, 3.05) is 0 Å². The van der Waals surface area contributed by atoms with Gasteiger partial charge in [0, 0.05) is 6.04 Å². The van der Waals surface area contributed by atoms with E-state index in [0.717, 1.165) is 19.3 Å². The smallest absolute Gasteiger partial charge is 0.405 e. The van der Waals surface area contributed by atoms with Crippen LogP contribution in [0.15, 0.2) is 0 Å². The third-order valence-electron chi connectivity index (χ3n) is 2.98. The third-order valence-corrected chi connectivity index (χ3v) is 2.98. The summed E-state index contributed by atoms with van der Waals surface area (Å²) in [4.78, 5) is 10.7. The van der Waals surface area contributed by atoms with E-state index in [4.69, 9.17) is 16.2 Å². The molecule has 0 aromatic rings. The van der Waals surface area contributed by atoms with Gasteiger partial charge >= 0.3 is 6.09 Å². The van der Waals surface area contributed by atoms with E-state index in [1.54, 1.807) is 0 Å². The highest BCUT2D eigenvalue weighted by atomic mass is 16.6. The standard InChI is InChI=1S/C11H22N2O2/c1-11(2,15-10(13)14)7-8-4-3-5-9(12)6-8/h8-9H,3-7,12H2,1-2H3,(H2,13,14)/t8-,9+/m0/s1. The van der Waals surface area contributed by atoms with E-state index in [2.05, 4.69) is 0 Å². The van der Waals surface area contributed by atoms with Crippen LogP contribution >= 0.6 is 0 Å². The van der Waals surface area contributed by atoms with Gasteiger partial charge in [-0.2, -0.15) is 0 Å². The zero-order valence-electron chi connectivity index (χ0n) is 9.66. The van der Waals surface area contributed by atoms with E-state index in [1.807, 2.05) is 13.8 Å². The SMILES string of the molecule is CC(C)(C[C@H]1CCC[C@@H](N)C1)OC(N)=O. The lowest BCUT2D eigenvalue weighted by Crippen LogP contribution is -2.36.